The summed E-state index contributed by atoms with van der Waals surface area (Å²) in [4.78, 5) is 9.66. The molecule has 1 aromatic carbocycles. The summed E-state index contributed by atoms with van der Waals surface area (Å²) in [6.45, 7) is 13.1. The van der Waals surface area contributed by atoms with Gasteiger partial charge in [0.05, 0.1) is 13.2 Å². The summed E-state index contributed by atoms with van der Waals surface area (Å²) in [6.07, 6.45) is 1.18. The van der Waals surface area contributed by atoms with Gasteiger partial charge >= 0.3 is 0 Å². The Morgan fingerprint density at radius 3 is 2.77 bits per heavy atom. The Bertz CT molecular complexity index is 552. The lowest BCUT2D eigenvalue weighted by Gasteiger charge is -2.25. The van der Waals surface area contributed by atoms with Gasteiger partial charge in [-0.1, -0.05) is 18.2 Å². The molecule has 2 rings (SSSR count). The number of aliphatic imine (C=N–C) groups is 1. The average molecular weight is 474 g/mol. The van der Waals surface area contributed by atoms with Crippen molar-refractivity contribution in [3.63, 3.8) is 0 Å². The zero-order valence-electron chi connectivity index (χ0n) is 16.7. The van der Waals surface area contributed by atoms with Crippen LogP contribution in [0, 0.1) is 12.8 Å². The molecular formula is C20H35IN4O. The van der Waals surface area contributed by atoms with E-state index in [0.717, 1.165) is 51.8 Å². The van der Waals surface area contributed by atoms with Crippen molar-refractivity contribution in [1.82, 2.24) is 10.2 Å². The van der Waals surface area contributed by atoms with Crippen LogP contribution in [0.2, 0.25) is 0 Å². The quantitative estimate of drug-likeness (QED) is 0.357. The minimum atomic E-state index is 0. The maximum absolute atomic E-state index is 5.31. The van der Waals surface area contributed by atoms with Gasteiger partial charge < -0.3 is 19.9 Å². The van der Waals surface area contributed by atoms with Crippen LogP contribution in [0.25, 0.3) is 0 Å². The fourth-order valence-corrected chi connectivity index (χ4v) is 3.47. The number of ether oxygens (including phenoxy) is 1. The predicted octanol–water partition coefficient (Wildman–Crippen LogP) is 3.37. The maximum atomic E-state index is 5.31. The molecule has 0 amide bonds. The van der Waals surface area contributed by atoms with E-state index in [1.165, 1.54) is 17.7 Å². The van der Waals surface area contributed by atoms with Gasteiger partial charge in [-0.2, -0.15) is 0 Å². The Hall–Kier alpha value is -1.02. The van der Waals surface area contributed by atoms with Crippen LogP contribution < -0.4 is 10.2 Å². The van der Waals surface area contributed by atoms with E-state index in [9.17, 15) is 0 Å². The normalized spacial score (nSPS) is 17.2. The minimum absolute atomic E-state index is 0. The van der Waals surface area contributed by atoms with Crippen LogP contribution in [-0.4, -0.2) is 63.8 Å². The summed E-state index contributed by atoms with van der Waals surface area (Å²) in [6, 6.07) is 8.57. The molecule has 0 aliphatic carbocycles. The van der Waals surface area contributed by atoms with Crippen molar-refractivity contribution in [3.8, 4) is 0 Å². The number of aryl methyl sites for hydroxylation is 1. The number of methoxy groups -OCH3 is 1. The summed E-state index contributed by atoms with van der Waals surface area (Å²) in [5, 5.41) is 3.45. The van der Waals surface area contributed by atoms with Crippen molar-refractivity contribution in [3.05, 3.63) is 29.8 Å². The summed E-state index contributed by atoms with van der Waals surface area (Å²) >= 11 is 0. The van der Waals surface area contributed by atoms with E-state index in [1.807, 2.05) is 0 Å². The maximum Gasteiger partial charge on any atom is 0.193 e. The molecule has 0 aromatic heterocycles. The second-order valence-corrected chi connectivity index (χ2v) is 6.66. The van der Waals surface area contributed by atoms with Gasteiger partial charge in [0.25, 0.3) is 0 Å². The second kappa shape index (κ2) is 12.4. The van der Waals surface area contributed by atoms with Gasteiger partial charge in [-0.05, 0) is 38.8 Å². The lowest BCUT2D eigenvalue weighted by atomic mass is 10.1. The lowest BCUT2D eigenvalue weighted by Crippen LogP contribution is -2.41. The molecule has 1 atom stereocenters. The zero-order valence-corrected chi connectivity index (χ0v) is 19.0. The van der Waals surface area contributed by atoms with E-state index in [2.05, 4.69) is 60.2 Å². The van der Waals surface area contributed by atoms with Gasteiger partial charge in [0, 0.05) is 51.4 Å². The van der Waals surface area contributed by atoms with Crippen molar-refractivity contribution in [1.29, 1.82) is 0 Å². The molecule has 0 saturated carbocycles. The average Bonchev–Trinajstić information content (AvgIpc) is 3.07. The van der Waals surface area contributed by atoms with E-state index in [0.29, 0.717) is 5.92 Å². The first-order valence-corrected chi connectivity index (χ1v) is 9.52. The smallest absolute Gasteiger partial charge is 0.193 e. The third kappa shape index (κ3) is 6.61. The van der Waals surface area contributed by atoms with Crippen LogP contribution in [0.5, 0.6) is 0 Å². The lowest BCUT2D eigenvalue weighted by molar-refractivity contribution is 0.157. The molecule has 1 aromatic rings. The number of likely N-dealkylation sites (tertiary alicyclic amines) is 1. The fourth-order valence-electron chi connectivity index (χ4n) is 3.47. The van der Waals surface area contributed by atoms with E-state index >= 15 is 0 Å². The van der Waals surface area contributed by atoms with Gasteiger partial charge in [-0.3, -0.25) is 4.99 Å². The summed E-state index contributed by atoms with van der Waals surface area (Å²) in [5.74, 6) is 1.66. The first-order valence-electron chi connectivity index (χ1n) is 9.52. The zero-order chi connectivity index (χ0) is 18.1. The number of hydrogen-bond donors (Lipinski definition) is 1. The molecule has 1 N–H and O–H groups in total. The Kier molecular flexibility index (Phi) is 11.0. The van der Waals surface area contributed by atoms with Crippen LogP contribution in [0.1, 0.15) is 25.8 Å². The van der Waals surface area contributed by atoms with Crippen LogP contribution in [0.15, 0.2) is 29.3 Å². The van der Waals surface area contributed by atoms with E-state index in [-0.39, 0.29) is 24.0 Å². The van der Waals surface area contributed by atoms with Crippen molar-refractivity contribution < 1.29 is 4.74 Å². The van der Waals surface area contributed by atoms with Crippen LogP contribution >= 0.6 is 24.0 Å². The number of likely N-dealkylation sites (N-methyl/N-ethyl adjacent to an activating group) is 1. The first kappa shape index (κ1) is 23.0. The molecule has 0 spiro atoms. The molecule has 1 aliphatic heterocycles. The Morgan fingerprint density at radius 1 is 1.35 bits per heavy atom. The Morgan fingerprint density at radius 2 is 2.12 bits per heavy atom. The standard InChI is InChI=1S/C20H34N4O.HI/c1-5-21-20(24-13-11-18(15-24)16-25-4)22-12-14-23(6-2)19-10-8-7-9-17(19)3;/h7-10,18H,5-6,11-16H2,1-4H3,(H,21,22);1H. The van der Waals surface area contributed by atoms with Crippen molar-refractivity contribution in [2.24, 2.45) is 10.9 Å². The molecule has 26 heavy (non-hydrogen) atoms. The molecule has 1 saturated heterocycles. The number of guanidine groups is 1. The highest BCUT2D eigenvalue weighted by Crippen LogP contribution is 2.19. The molecule has 6 heteroatoms. The van der Waals surface area contributed by atoms with E-state index in [4.69, 9.17) is 9.73 Å². The second-order valence-electron chi connectivity index (χ2n) is 6.66. The Labute approximate surface area is 176 Å². The molecule has 5 nitrogen and oxygen atoms in total. The van der Waals surface area contributed by atoms with Gasteiger partial charge in [0.2, 0.25) is 0 Å². The van der Waals surface area contributed by atoms with Crippen molar-refractivity contribution >= 4 is 35.6 Å². The number of anilines is 1. The molecule has 0 radical (unpaired) electrons. The highest BCUT2D eigenvalue weighted by atomic mass is 127. The summed E-state index contributed by atoms with van der Waals surface area (Å²) in [5.41, 5.74) is 2.63. The van der Waals surface area contributed by atoms with Crippen LogP contribution in [0.3, 0.4) is 0 Å². The van der Waals surface area contributed by atoms with Crippen LogP contribution in [0.4, 0.5) is 5.69 Å². The van der Waals surface area contributed by atoms with Gasteiger partial charge in [0.15, 0.2) is 5.96 Å². The highest BCUT2D eigenvalue weighted by molar-refractivity contribution is 14.0. The summed E-state index contributed by atoms with van der Waals surface area (Å²) < 4.78 is 5.31. The number of halogens is 1. The monoisotopic (exact) mass is 474 g/mol. The largest absolute Gasteiger partial charge is 0.384 e. The molecule has 1 fully saturated rings. The van der Waals surface area contributed by atoms with Gasteiger partial charge in [-0.15, -0.1) is 24.0 Å². The predicted molar refractivity (Wildman–Crippen MR) is 122 cm³/mol. The molecule has 148 valence electrons. The third-order valence-corrected chi connectivity index (χ3v) is 4.79. The molecule has 0 bridgehead atoms. The number of nitrogens with zero attached hydrogens (tertiary/aromatic N) is 3. The number of rotatable bonds is 8. The number of benzene rings is 1. The molecule has 1 unspecified atom stereocenters. The molecular weight excluding hydrogens is 439 g/mol. The summed E-state index contributed by atoms with van der Waals surface area (Å²) in [7, 11) is 1.78. The molecule has 1 aliphatic rings. The van der Waals surface area contributed by atoms with Crippen LogP contribution in [-0.2, 0) is 4.74 Å². The Balaban J connectivity index is 0.00000338. The van der Waals surface area contributed by atoms with E-state index < -0.39 is 0 Å². The van der Waals surface area contributed by atoms with E-state index in [1.54, 1.807) is 7.11 Å². The van der Waals surface area contributed by atoms with Gasteiger partial charge in [-0.25, -0.2) is 0 Å². The number of para-hydroxylation sites is 1. The fraction of sp³-hybridized carbons (Fsp3) is 0.650. The first-order chi connectivity index (χ1) is 12.2. The van der Waals surface area contributed by atoms with Crippen molar-refractivity contribution in [2.75, 3.05) is 57.9 Å². The highest BCUT2D eigenvalue weighted by Gasteiger charge is 2.24. The van der Waals surface area contributed by atoms with Gasteiger partial charge in [0.1, 0.15) is 0 Å². The number of nitrogens with one attached hydrogen (secondary N) is 1. The SMILES string of the molecule is CCNC(=NCCN(CC)c1ccccc1C)N1CCC(COC)C1.I. The number of hydrogen-bond acceptors (Lipinski definition) is 3. The molecule has 1 heterocycles. The topological polar surface area (TPSA) is 40.1 Å². The third-order valence-electron chi connectivity index (χ3n) is 4.79. The van der Waals surface area contributed by atoms with Crippen molar-refractivity contribution in [2.45, 2.75) is 27.2 Å². The minimum Gasteiger partial charge on any atom is -0.384 e.